The van der Waals surface area contributed by atoms with Crippen LogP contribution in [0.4, 0.5) is 0 Å². The van der Waals surface area contributed by atoms with E-state index in [2.05, 4.69) is 37.9 Å². The van der Waals surface area contributed by atoms with Crippen molar-refractivity contribution in [3.05, 3.63) is 0 Å². The molecule has 1 unspecified atom stereocenters. The first-order valence-corrected chi connectivity index (χ1v) is 7.62. The van der Waals surface area contributed by atoms with Crippen LogP contribution in [0.2, 0.25) is 0 Å². The van der Waals surface area contributed by atoms with E-state index in [4.69, 9.17) is 0 Å². The number of nitrogens with zero attached hydrogens (tertiary/aromatic N) is 1. The Hall–Kier alpha value is -0.0800. The highest BCUT2D eigenvalue weighted by Gasteiger charge is 2.21. The predicted molar refractivity (Wildman–Crippen MR) is 76.4 cm³/mol. The van der Waals surface area contributed by atoms with Crippen molar-refractivity contribution in [3.8, 4) is 0 Å². The normalized spacial score (nSPS) is 21.7. The highest BCUT2D eigenvalue weighted by atomic mass is 15.2. The highest BCUT2D eigenvalue weighted by molar-refractivity contribution is 4.77. The van der Waals surface area contributed by atoms with Crippen LogP contribution in [0.3, 0.4) is 0 Å². The Morgan fingerprint density at radius 3 is 2.41 bits per heavy atom. The van der Waals surface area contributed by atoms with Gasteiger partial charge in [-0.3, -0.25) is 4.90 Å². The number of hydrogen-bond donors (Lipinski definition) is 1. The molecule has 0 amide bonds. The molecule has 0 bridgehead atoms. The molecule has 0 saturated carbocycles. The molecule has 1 N–H and O–H groups in total. The van der Waals surface area contributed by atoms with Gasteiger partial charge in [-0.1, -0.05) is 27.7 Å². The van der Waals surface area contributed by atoms with Crippen molar-refractivity contribution in [2.45, 2.75) is 59.4 Å². The van der Waals surface area contributed by atoms with Gasteiger partial charge in [-0.2, -0.15) is 0 Å². The highest BCUT2D eigenvalue weighted by Crippen LogP contribution is 2.17. The van der Waals surface area contributed by atoms with Crippen molar-refractivity contribution in [3.63, 3.8) is 0 Å². The number of hydrogen-bond acceptors (Lipinski definition) is 2. The SMILES string of the molecule is CCC(CC)N(CC(C)C)CC1CCCNC1. The van der Waals surface area contributed by atoms with E-state index in [0.29, 0.717) is 0 Å². The van der Waals surface area contributed by atoms with Gasteiger partial charge < -0.3 is 5.32 Å². The second-order valence-corrected chi connectivity index (χ2v) is 6.03. The zero-order valence-corrected chi connectivity index (χ0v) is 12.3. The van der Waals surface area contributed by atoms with Crippen molar-refractivity contribution in [2.75, 3.05) is 26.2 Å². The molecule has 1 aliphatic rings. The number of piperidine rings is 1. The van der Waals surface area contributed by atoms with E-state index in [1.54, 1.807) is 0 Å². The third-order valence-corrected chi connectivity index (χ3v) is 3.95. The van der Waals surface area contributed by atoms with Crippen LogP contribution in [0.15, 0.2) is 0 Å². The zero-order chi connectivity index (χ0) is 12.7. The Balaban J connectivity index is 2.48. The van der Waals surface area contributed by atoms with Gasteiger partial charge in [0, 0.05) is 19.1 Å². The van der Waals surface area contributed by atoms with Crippen LogP contribution < -0.4 is 5.32 Å². The first-order valence-electron chi connectivity index (χ1n) is 7.62. The molecule has 1 fully saturated rings. The molecule has 1 atom stereocenters. The average molecular weight is 240 g/mol. The van der Waals surface area contributed by atoms with Crippen LogP contribution in [0.5, 0.6) is 0 Å². The minimum atomic E-state index is 0.784. The third-order valence-electron chi connectivity index (χ3n) is 3.95. The van der Waals surface area contributed by atoms with Crippen LogP contribution in [-0.2, 0) is 0 Å². The van der Waals surface area contributed by atoms with Gasteiger partial charge in [-0.25, -0.2) is 0 Å². The maximum Gasteiger partial charge on any atom is 0.00902 e. The molecule has 2 heteroatoms. The Kier molecular flexibility index (Phi) is 7.14. The lowest BCUT2D eigenvalue weighted by molar-refractivity contribution is 0.130. The molecule has 0 aromatic heterocycles. The molecule has 0 aliphatic carbocycles. The van der Waals surface area contributed by atoms with Crippen molar-refractivity contribution < 1.29 is 0 Å². The van der Waals surface area contributed by atoms with Crippen LogP contribution in [0.25, 0.3) is 0 Å². The van der Waals surface area contributed by atoms with Gasteiger partial charge in [0.15, 0.2) is 0 Å². The molecule has 1 saturated heterocycles. The summed E-state index contributed by atoms with van der Waals surface area (Å²) in [6.45, 7) is 14.4. The smallest absolute Gasteiger partial charge is 0.00902 e. The zero-order valence-electron chi connectivity index (χ0n) is 12.3. The molecule has 0 aromatic rings. The van der Waals surface area contributed by atoms with Crippen LogP contribution in [-0.4, -0.2) is 37.1 Å². The number of rotatable bonds is 7. The molecular formula is C15H32N2. The summed E-state index contributed by atoms with van der Waals surface area (Å²) in [4.78, 5) is 2.75. The molecule has 0 aromatic carbocycles. The Morgan fingerprint density at radius 2 is 1.94 bits per heavy atom. The molecule has 17 heavy (non-hydrogen) atoms. The van der Waals surface area contributed by atoms with Crippen LogP contribution >= 0.6 is 0 Å². The lowest BCUT2D eigenvalue weighted by Gasteiger charge is -2.36. The van der Waals surface area contributed by atoms with Gasteiger partial charge in [0.1, 0.15) is 0 Å². The number of nitrogens with one attached hydrogen (secondary N) is 1. The minimum absolute atomic E-state index is 0.784. The summed E-state index contributed by atoms with van der Waals surface area (Å²) in [7, 11) is 0. The van der Waals surface area contributed by atoms with Crippen molar-refractivity contribution in [1.82, 2.24) is 10.2 Å². The first-order chi connectivity index (χ1) is 8.17. The van der Waals surface area contributed by atoms with E-state index < -0.39 is 0 Å². The molecule has 1 rings (SSSR count). The molecular weight excluding hydrogens is 208 g/mol. The molecule has 0 radical (unpaired) electrons. The second-order valence-electron chi connectivity index (χ2n) is 6.03. The van der Waals surface area contributed by atoms with Crippen LogP contribution in [0, 0.1) is 11.8 Å². The van der Waals surface area contributed by atoms with E-state index in [1.807, 2.05) is 0 Å². The van der Waals surface area contributed by atoms with Gasteiger partial charge >= 0.3 is 0 Å². The molecule has 1 heterocycles. The first kappa shape index (κ1) is 15.0. The Morgan fingerprint density at radius 1 is 1.24 bits per heavy atom. The maximum absolute atomic E-state index is 3.54. The van der Waals surface area contributed by atoms with Crippen molar-refractivity contribution in [2.24, 2.45) is 11.8 Å². The fourth-order valence-corrected chi connectivity index (χ4v) is 3.06. The monoisotopic (exact) mass is 240 g/mol. The van der Waals surface area contributed by atoms with E-state index in [-0.39, 0.29) is 0 Å². The summed E-state index contributed by atoms with van der Waals surface area (Å²) in [5.41, 5.74) is 0. The molecule has 2 nitrogen and oxygen atoms in total. The van der Waals surface area contributed by atoms with E-state index >= 15 is 0 Å². The summed E-state index contributed by atoms with van der Waals surface area (Å²) in [5.74, 6) is 1.66. The van der Waals surface area contributed by atoms with Gasteiger partial charge in [0.05, 0.1) is 0 Å². The minimum Gasteiger partial charge on any atom is -0.316 e. The largest absolute Gasteiger partial charge is 0.316 e. The second kappa shape index (κ2) is 8.10. The van der Waals surface area contributed by atoms with Gasteiger partial charge in [-0.05, 0) is 50.6 Å². The summed E-state index contributed by atoms with van der Waals surface area (Å²) in [5, 5.41) is 3.54. The predicted octanol–water partition coefficient (Wildman–Crippen LogP) is 3.13. The van der Waals surface area contributed by atoms with Crippen molar-refractivity contribution in [1.29, 1.82) is 0 Å². The van der Waals surface area contributed by atoms with E-state index in [0.717, 1.165) is 17.9 Å². The third kappa shape index (κ3) is 5.39. The molecule has 0 spiro atoms. The topological polar surface area (TPSA) is 15.3 Å². The summed E-state index contributed by atoms with van der Waals surface area (Å²) in [6.07, 6.45) is 5.37. The maximum atomic E-state index is 3.54. The molecule has 1 aliphatic heterocycles. The summed E-state index contributed by atoms with van der Waals surface area (Å²) < 4.78 is 0. The fraction of sp³-hybridized carbons (Fsp3) is 1.00. The summed E-state index contributed by atoms with van der Waals surface area (Å²) in [6, 6.07) is 0.791. The summed E-state index contributed by atoms with van der Waals surface area (Å²) >= 11 is 0. The van der Waals surface area contributed by atoms with E-state index in [9.17, 15) is 0 Å². The Labute approximate surface area is 108 Å². The average Bonchev–Trinajstić information content (AvgIpc) is 2.31. The lowest BCUT2D eigenvalue weighted by atomic mass is 9.97. The van der Waals surface area contributed by atoms with Crippen molar-refractivity contribution >= 4 is 0 Å². The van der Waals surface area contributed by atoms with Gasteiger partial charge in [0.25, 0.3) is 0 Å². The van der Waals surface area contributed by atoms with E-state index in [1.165, 1.54) is 51.9 Å². The molecule has 102 valence electrons. The Bertz CT molecular complexity index is 181. The van der Waals surface area contributed by atoms with Crippen LogP contribution in [0.1, 0.15) is 53.4 Å². The van der Waals surface area contributed by atoms with Gasteiger partial charge in [0.2, 0.25) is 0 Å². The fourth-order valence-electron chi connectivity index (χ4n) is 3.06. The lowest BCUT2D eigenvalue weighted by Crippen LogP contribution is -2.44. The van der Waals surface area contributed by atoms with Gasteiger partial charge in [-0.15, -0.1) is 0 Å². The quantitative estimate of drug-likeness (QED) is 0.735. The standard InChI is InChI=1S/C15H32N2/c1-5-15(6-2)17(11-13(3)4)12-14-8-7-9-16-10-14/h13-16H,5-12H2,1-4H3.